The molecule has 2 amide bonds. The Morgan fingerprint density at radius 2 is 1.62 bits per heavy atom. The molecule has 1 saturated heterocycles. The first-order valence-electron chi connectivity index (χ1n) is 16.4. The summed E-state index contributed by atoms with van der Waals surface area (Å²) in [6.07, 6.45) is -8.20. The van der Waals surface area contributed by atoms with E-state index in [-0.39, 0.29) is 42.2 Å². The maximum absolute atomic E-state index is 12.7. The van der Waals surface area contributed by atoms with Crippen molar-refractivity contribution in [1.82, 2.24) is 30.2 Å². The number of aliphatic hydroxyl groups is 3. The molecule has 3 unspecified atom stereocenters. The molecule has 1 aliphatic heterocycles. The minimum Gasteiger partial charge on any atom is -0.386 e. The van der Waals surface area contributed by atoms with Gasteiger partial charge in [0.05, 0.1) is 19.5 Å². The molecule has 8 atom stereocenters. The molecule has 0 saturated carbocycles. The van der Waals surface area contributed by atoms with Crippen molar-refractivity contribution in [3.05, 3.63) is 12.7 Å². The number of phosphoric ester groups is 3. The van der Waals surface area contributed by atoms with Gasteiger partial charge in [-0.15, -0.1) is 0 Å². The summed E-state index contributed by atoms with van der Waals surface area (Å²) in [5.74, 6) is -1.35. The Bertz CT molecular complexity index is 1860. The minimum absolute atomic E-state index is 0.0249. The van der Waals surface area contributed by atoms with E-state index in [9.17, 15) is 63.0 Å². The third-order valence-electron chi connectivity index (χ3n) is 7.79. The molecule has 56 heavy (non-hydrogen) atoms. The second-order valence-electron chi connectivity index (χ2n) is 14.0. The maximum Gasteiger partial charge on any atom is 0.481 e. The van der Waals surface area contributed by atoms with E-state index in [0.717, 1.165) is 29.0 Å². The molecule has 318 valence electrons. The van der Waals surface area contributed by atoms with Crippen LogP contribution in [0, 0.1) is 10.8 Å². The van der Waals surface area contributed by atoms with Gasteiger partial charge in [0.25, 0.3) is 0 Å². The number of fused-ring (bicyclic) bond motifs is 1. The van der Waals surface area contributed by atoms with Crippen molar-refractivity contribution in [2.45, 2.75) is 77.8 Å². The van der Waals surface area contributed by atoms with Crippen LogP contribution in [-0.2, 0) is 50.7 Å². The van der Waals surface area contributed by atoms with Gasteiger partial charge in [-0.25, -0.2) is 28.6 Å². The topological polar surface area (TPSA) is 384 Å². The standard InChI is InChI=1S/C27H46N7O18P3S/c1-26(2,3)20(38)25(40)56-9-8-29-15(35)6-7-30-23(39)19(37)27(4,5)11-49-55(46,47)52-54(44,45)48-10-14-18(51-53(41,42)43)17(36)24(50-14)34-13-33-16-21(28)31-12-32-22(16)34/h12-14,17-20,24,36-38H,6-11H2,1-5H3,(H,29,35)(H,30,39)(H,44,45)(H,46,47)(H2,28,31,32)(H2,41,42,43)/t14-,17-,18-,19+,20?,24-/m1/s1. The number of anilines is 1. The van der Waals surface area contributed by atoms with E-state index < -0.39 is 101 Å². The van der Waals surface area contributed by atoms with Gasteiger partial charge in [0, 0.05) is 30.7 Å². The number of nitrogens with zero attached hydrogens (tertiary/aromatic N) is 4. The molecular formula is C27H46N7O18P3S. The molecule has 1 aliphatic rings. The van der Waals surface area contributed by atoms with Crippen LogP contribution in [0.3, 0.4) is 0 Å². The van der Waals surface area contributed by atoms with E-state index >= 15 is 0 Å². The smallest absolute Gasteiger partial charge is 0.386 e. The van der Waals surface area contributed by atoms with Crippen LogP contribution in [0.5, 0.6) is 0 Å². The number of hydrogen-bond acceptors (Lipinski definition) is 19. The third kappa shape index (κ3) is 13.8. The fourth-order valence-electron chi connectivity index (χ4n) is 4.71. The number of nitrogens with two attached hydrogens (primary N) is 1. The van der Waals surface area contributed by atoms with Crippen molar-refractivity contribution in [2.75, 3.05) is 37.8 Å². The number of thioether (sulfide) groups is 1. The number of nitrogens with one attached hydrogen (secondary N) is 2. The summed E-state index contributed by atoms with van der Waals surface area (Å²) in [7, 11) is -16.4. The first kappa shape index (κ1) is 47.9. The summed E-state index contributed by atoms with van der Waals surface area (Å²) in [5, 5.41) is 35.8. The summed E-state index contributed by atoms with van der Waals surface area (Å²) in [5.41, 5.74) is 3.59. The number of nitrogen functional groups attached to an aromatic ring is 1. The molecule has 3 rings (SSSR count). The molecule has 29 heteroatoms. The Hall–Kier alpha value is -2.48. The zero-order valence-electron chi connectivity index (χ0n) is 30.6. The minimum atomic E-state index is -5.58. The molecule has 0 spiro atoms. The van der Waals surface area contributed by atoms with Gasteiger partial charge in [-0.1, -0.05) is 46.4 Å². The predicted molar refractivity (Wildman–Crippen MR) is 193 cm³/mol. The molecule has 2 aromatic rings. The second kappa shape index (κ2) is 19.1. The second-order valence-corrected chi connectivity index (χ2v) is 19.3. The summed E-state index contributed by atoms with van der Waals surface area (Å²) in [6, 6.07) is 0. The monoisotopic (exact) mass is 881 g/mol. The third-order valence-corrected chi connectivity index (χ3v) is 11.8. The van der Waals surface area contributed by atoms with Crippen molar-refractivity contribution in [3.8, 4) is 0 Å². The number of rotatable bonds is 20. The van der Waals surface area contributed by atoms with Gasteiger partial charge in [-0.2, -0.15) is 4.31 Å². The number of phosphoric acid groups is 3. The van der Waals surface area contributed by atoms with Crippen LogP contribution in [-0.4, -0.2) is 134 Å². The maximum atomic E-state index is 12.7. The summed E-state index contributed by atoms with van der Waals surface area (Å²) in [6.45, 7) is 5.41. The van der Waals surface area contributed by atoms with Gasteiger partial charge in [0.2, 0.25) is 16.9 Å². The van der Waals surface area contributed by atoms with Gasteiger partial charge in [0.15, 0.2) is 17.7 Å². The predicted octanol–water partition coefficient (Wildman–Crippen LogP) is -0.928. The Morgan fingerprint density at radius 1 is 0.982 bits per heavy atom. The van der Waals surface area contributed by atoms with Crippen LogP contribution in [0.2, 0.25) is 0 Å². The largest absolute Gasteiger partial charge is 0.481 e. The Kier molecular flexibility index (Phi) is 16.3. The number of aliphatic hydroxyl groups excluding tert-OH is 3. The Balaban J connectivity index is 1.49. The molecule has 0 radical (unpaired) electrons. The van der Waals surface area contributed by atoms with E-state index in [1.165, 1.54) is 13.8 Å². The highest BCUT2D eigenvalue weighted by Crippen LogP contribution is 2.61. The number of ether oxygens (including phenoxy) is 1. The average Bonchev–Trinajstić information content (AvgIpc) is 3.63. The lowest BCUT2D eigenvalue weighted by Gasteiger charge is -2.30. The first-order chi connectivity index (χ1) is 25.6. The van der Waals surface area contributed by atoms with Crippen molar-refractivity contribution in [2.24, 2.45) is 10.8 Å². The van der Waals surface area contributed by atoms with Crippen LogP contribution >= 0.6 is 35.2 Å². The number of imidazole rings is 1. The van der Waals surface area contributed by atoms with E-state index in [1.807, 2.05) is 0 Å². The average molecular weight is 882 g/mol. The van der Waals surface area contributed by atoms with Gasteiger partial charge in [0.1, 0.15) is 42.4 Å². The van der Waals surface area contributed by atoms with E-state index in [4.69, 9.17) is 19.5 Å². The SMILES string of the molecule is CC(C)(C)C(O)C(=O)SCCNC(=O)CCNC(=O)[C@H](O)C(C)(C)COP(=O)(O)OP(=O)(O)OC[C@H]1O[C@@H](n2cnc3c(N)ncnc32)[C@H](O)[C@@H]1OP(=O)(O)O. The lowest BCUT2D eigenvalue weighted by atomic mass is 9.87. The van der Waals surface area contributed by atoms with Gasteiger partial charge in [-0.05, 0) is 5.41 Å². The number of carbonyl (C=O) groups is 3. The van der Waals surface area contributed by atoms with Crippen LogP contribution in [0.1, 0.15) is 47.3 Å². The molecule has 0 bridgehead atoms. The van der Waals surface area contributed by atoms with Gasteiger partial charge in [-0.3, -0.25) is 32.5 Å². The highest BCUT2D eigenvalue weighted by Gasteiger charge is 2.50. The highest BCUT2D eigenvalue weighted by atomic mass is 32.2. The summed E-state index contributed by atoms with van der Waals surface area (Å²) >= 11 is 0.855. The number of aromatic nitrogens is 4. The molecule has 2 aromatic heterocycles. The zero-order chi connectivity index (χ0) is 42.4. The normalized spacial score (nSPS) is 22.6. The quantitative estimate of drug-likeness (QED) is 0.0567. The molecule has 1 fully saturated rings. The molecular weight excluding hydrogens is 835 g/mol. The van der Waals surface area contributed by atoms with E-state index in [0.29, 0.717) is 0 Å². The molecule has 3 heterocycles. The van der Waals surface area contributed by atoms with E-state index in [1.54, 1.807) is 20.8 Å². The van der Waals surface area contributed by atoms with E-state index in [2.05, 4.69) is 34.4 Å². The van der Waals surface area contributed by atoms with Crippen molar-refractivity contribution in [3.63, 3.8) is 0 Å². The molecule has 0 aliphatic carbocycles. The number of carbonyl (C=O) groups excluding carboxylic acids is 3. The van der Waals surface area contributed by atoms with Crippen LogP contribution in [0.25, 0.3) is 11.2 Å². The number of amides is 2. The fourth-order valence-corrected chi connectivity index (χ4v) is 8.46. The van der Waals surface area contributed by atoms with Gasteiger partial charge >= 0.3 is 23.5 Å². The van der Waals surface area contributed by atoms with Crippen molar-refractivity contribution in [1.29, 1.82) is 0 Å². The van der Waals surface area contributed by atoms with Crippen molar-refractivity contribution >= 4 is 69.1 Å². The lowest BCUT2D eigenvalue weighted by molar-refractivity contribution is -0.137. The van der Waals surface area contributed by atoms with Crippen LogP contribution in [0.15, 0.2) is 12.7 Å². The molecule has 25 nitrogen and oxygen atoms in total. The number of hydrogen-bond donors (Lipinski definition) is 10. The molecule has 11 N–H and O–H groups in total. The first-order valence-corrected chi connectivity index (χ1v) is 21.9. The summed E-state index contributed by atoms with van der Waals surface area (Å²) < 4.78 is 62.0. The van der Waals surface area contributed by atoms with Crippen LogP contribution < -0.4 is 16.4 Å². The highest BCUT2D eigenvalue weighted by molar-refractivity contribution is 8.13. The van der Waals surface area contributed by atoms with Crippen LogP contribution in [0.4, 0.5) is 5.82 Å². The van der Waals surface area contributed by atoms with Crippen molar-refractivity contribution < 1.29 is 85.6 Å². The Labute approximate surface area is 323 Å². The van der Waals surface area contributed by atoms with Gasteiger partial charge < -0.3 is 56.0 Å². The zero-order valence-corrected chi connectivity index (χ0v) is 34.1. The Morgan fingerprint density at radius 3 is 2.25 bits per heavy atom. The molecule has 0 aromatic carbocycles. The fraction of sp³-hybridized carbons (Fsp3) is 0.704. The lowest BCUT2D eigenvalue weighted by Crippen LogP contribution is -2.46. The summed E-state index contributed by atoms with van der Waals surface area (Å²) in [4.78, 5) is 87.5.